The summed E-state index contributed by atoms with van der Waals surface area (Å²) in [6.45, 7) is 2.18. The molecule has 0 rings (SSSR count). The molecule has 8 heavy (non-hydrogen) atoms. The maximum atomic E-state index is 8.55. The van der Waals surface area contributed by atoms with Crippen LogP contribution < -0.4 is 5.32 Å². The van der Waals surface area contributed by atoms with Gasteiger partial charge in [-0.2, -0.15) is 0 Å². The number of hydrogen-bond acceptors (Lipinski definition) is 2. The Morgan fingerprint density at radius 3 is 2.50 bits per heavy atom. The monoisotopic (exact) mass is 115 g/mol. The van der Waals surface area contributed by atoms with Gasteiger partial charge in [0.05, 0.1) is 6.61 Å². The van der Waals surface area contributed by atoms with E-state index in [1.54, 1.807) is 0 Å². The van der Waals surface area contributed by atoms with Gasteiger partial charge in [0.15, 0.2) is 0 Å². The highest BCUT2D eigenvalue weighted by atomic mass is 16.3. The molecule has 2 N–H and O–H groups in total. The van der Waals surface area contributed by atoms with Crippen molar-refractivity contribution in [2.24, 2.45) is 0 Å². The average Bonchev–Trinajstić information content (AvgIpc) is 1.83. The molecule has 2 heteroatoms. The van der Waals surface area contributed by atoms with Gasteiger partial charge in [0, 0.05) is 7.05 Å². The van der Waals surface area contributed by atoms with E-state index in [1.807, 2.05) is 20.2 Å². The highest BCUT2D eigenvalue weighted by Crippen LogP contribution is 1.94. The Hall–Kier alpha value is -0.500. The van der Waals surface area contributed by atoms with Gasteiger partial charge in [0.25, 0.3) is 0 Å². The van der Waals surface area contributed by atoms with Crippen LogP contribution in [0.4, 0.5) is 0 Å². The Morgan fingerprint density at radius 2 is 2.38 bits per heavy atom. The smallest absolute Gasteiger partial charge is 0.0658 e. The average molecular weight is 115 g/mol. The SMILES string of the molecule is CC/C(=C/NC)CO. The van der Waals surface area contributed by atoms with E-state index < -0.39 is 0 Å². The number of hydrogen-bond donors (Lipinski definition) is 2. The van der Waals surface area contributed by atoms with Gasteiger partial charge in [0.2, 0.25) is 0 Å². The van der Waals surface area contributed by atoms with Crippen molar-refractivity contribution in [3.05, 3.63) is 11.8 Å². The molecule has 0 radical (unpaired) electrons. The zero-order valence-electron chi connectivity index (χ0n) is 5.44. The fourth-order valence-electron chi connectivity index (χ4n) is 0.464. The van der Waals surface area contributed by atoms with Crippen LogP contribution in [0.15, 0.2) is 11.8 Å². The first-order valence-electron chi connectivity index (χ1n) is 2.81. The molecule has 0 heterocycles. The van der Waals surface area contributed by atoms with Gasteiger partial charge in [-0.1, -0.05) is 6.92 Å². The largest absolute Gasteiger partial charge is 0.394 e. The number of rotatable bonds is 3. The van der Waals surface area contributed by atoms with E-state index in [-0.39, 0.29) is 6.61 Å². The lowest BCUT2D eigenvalue weighted by Crippen LogP contribution is -1.98. The highest BCUT2D eigenvalue weighted by molar-refractivity contribution is 4.98. The van der Waals surface area contributed by atoms with E-state index in [1.165, 1.54) is 0 Å². The molecule has 0 aromatic heterocycles. The summed E-state index contributed by atoms with van der Waals surface area (Å²) in [5, 5.41) is 11.4. The first kappa shape index (κ1) is 7.50. The van der Waals surface area contributed by atoms with E-state index in [4.69, 9.17) is 5.11 Å². The van der Waals surface area contributed by atoms with Crippen LogP contribution >= 0.6 is 0 Å². The molecule has 0 aliphatic rings. The van der Waals surface area contributed by atoms with Crippen molar-refractivity contribution in [3.63, 3.8) is 0 Å². The van der Waals surface area contributed by atoms with Crippen LogP contribution in [0.2, 0.25) is 0 Å². The first-order valence-corrected chi connectivity index (χ1v) is 2.81. The lowest BCUT2D eigenvalue weighted by Gasteiger charge is -1.96. The number of aliphatic hydroxyl groups excluding tert-OH is 1. The molecule has 0 unspecified atom stereocenters. The molecule has 48 valence electrons. The second kappa shape index (κ2) is 4.65. The van der Waals surface area contributed by atoms with Gasteiger partial charge < -0.3 is 10.4 Å². The van der Waals surface area contributed by atoms with E-state index in [0.29, 0.717) is 0 Å². The maximum Gasteiger partial charge on any atom is 0.0658 e. The van der Waals surface area contributed by atoms with Gasteiger partial charge in [-0.3, -0.25) is 0 Å². The summed E-state index contributed by atoms with van der Waals surface area (Å²) in [6.07, 6.45) is 2.73. The molecule has 0 amide bonds. The minimum Gasteiger partial charge on any atom is -0.394 e. The van der Waals surface area contributed by atoms with E-state index in [0.717, 1.165) is 12.0 Å². The summed E-state index contributed by atoms with van der Waals surface area (Å²) in [7, 11) is 1.82. The van der Waals surface area contributed by atoms with Crippen LogP contribution in [-0.2, 0) is 0 Å². The van der Waals surface area contributed by atoms with Crippen LogP contribution in [0.25, 0.3) is 0 Å². The summed E-state index contributed by atoms with van der Waals surface area (Å²) in [5.74, 6) is 0. The molecular weight excluding hydrogens is 102 g/mol. The Morgan fingerprint density at radius 1 is 1.75 bits per heavy atom. The molecule has 0 atom stereocenters. The van der Waals surface area contributed by atoms with Crippen LogP contribution in [-0.4, -0.2) is 18.8 Å². The molecule has 0 fully saturated rings. The maximum absolute atomic E-state index is 8.55. The van der Waals surface area contributed by atoms with Crippen molar-refractivity contribution in [2.45, 2.75) is 13.3 Å². The third-order valence-corrected chi connectivity index (χ3v) is 1.01. The van der Waals surface area contributed by atoms with Gasteiger partial charge in [0.1, 0.15) is 0 Å². The Balaban J connectivity index is 3.49. The van der Waals surface area contributed by atoms with Gasteiger partial charge in [-0.15, -0.1) is 0 Å². The van der Waals surface area contributed by atoms with Crippen molar-refractivity contribution in [2.75, 3.05) is 13.7 Å². The third-order valence-electron chi connectivity index (χ3n) is 1.01. The van der Waals surface area contributed by atoms with E-state index in [2.05, 4.69) is 5.32 Å². The van der Waals surface area contributed by atoms with Gasteiger partial charge >= 0.3 is 0 Å². The van der Waals surface area contributed by atoms with Crippen molar-refractivity contribution >= 4 is 0 Å². The van der Waals surface area contributed by atoms with Crippen LogP contribution in [0, 0.1) is 0 Å². The fraction of sp³-hybridized carbons (Fsp3) is 0.667. The minimum atomic E-state index is 0.164. The zero-order chi connectivity index (χ0) is 6.41. The summed E-state index contributed by atoms with van der Waals surface area (Å²) in [4.78, 5) is 0. The number of nitrogens with one attached hydrogen (secondary N) is 1. The first-order chi connectivity index (χ1) is 3.85. The fourth-order valence-corrected chi connectivity index (χ4v) is 0.464. The van der Waals surface area contributed by atoms with E-state index in [9.17, 15) is 0 Å². The number of aliphatic hydroxyl groups is 1. The summed E-state index contributed by atoms with van der Waals surface area (Å²) >= 11 is 0. The predicted molar refractivity (Wildman–Crippen MR) is 34.5 cm³/mol. The Bertz CT molecular complexity index is 72.6. The third kappa shape index (κ3) is 2.64. The van der Waals surface area contributed by atoms with Gasteiger partial charge in [-0.05, 0) is 18.2 Å². The normalized spacial score (nSPS) is 11.6. The molecule has 0 spiro atoms. The predicted octanol–water partition coefficient (Wildman–Crippen LogP) is 0.492. The van der Waals surface area contributed by atoms with Crippen molar-refractivity contribution in [1.82, 2.24) is 5.32 Å². The molecule has 0 saturated heterocycles. The van der Waals surface area contributed by atoms with Gasteiger partial charge in [-0.25, -0.2) is 0 Å². The Labute approximate surface area is 50.2 Å². The molecule has 0 aliphatic heterocycles. The second-order valence-electron chi connectivity index (χ2n) is 1.60. The van der Waals surface area contributed by atoms with Crippen LogP contribution in [0.5, 0.6) is 0 Å². The lowest BCUT2D eigenvalue weighted by molar-refractivity contribution is 0.327. The minimum absolute atomic E-state index is 0.164. The van der Waals surface area contributed by atoms with Crippen molar-refractivity contribution < 1.29 is 5.11 Å². The summed E-state index contributed by atoms with van der Waals surface area (Å²) in [5.41, 5.74) is 1.03. The van der Waals surface area contributed by atoms with Crippen molar-refractivity contribution in [3.8, 4) is 0 Å². The standard InChI is InChI=1S/C6H13NO/c1-3-6(5-8)4-7-2/h4,7-8H,3,5H2,1-2H3/b6-4-. The molecule has 0 aromatic carbocycles. The molecule has 0 bridgehead atoms. The van der Waals surface area contributed by atoms with Crippen molar-refractivity contribution in [1.29, 1.82) is 0 Å². The highest BCUT2D eigenvalue weighted by Gasteiger charge is 1.85. The molecule has 2 nitrogen and oxygen atoms in total. The summed E-state index contributed by atoms with van der Waals surface area (Å²) < 4.78 is 0. The molecule has 0 aromatic rings. The summed E-state index contributed by atoms with van der Waals surface area (Å²) in [6, 6.07) is 0. The lowest BCUT2D eigenvalue weighted by atomic mass is 10.2. The quantitative estimate of drug-likeness (QED) is 0.561. The zero-order valence-corrected chi connectivity index (χ0v) is 5.44. The topological polar surface area (TPSA) is 32.3 Å². The van der Waals surface area contributed by atoms with Crippen LogP contribution in [0.3, 0.4) is 0 Å². The molecule has 0 saturated carbocycles. The Kier molecular flexibility index (Phi) is 4.36. The van der Waals surface area contributed by atoms with Crippen LogP contribution in [0.1, 0.15) is 13.3 Å². The molecule has 0 aliphatic carbocycles. The second-order valence-corrected chi connectivity index (χ2v) is 1.60. The van der Waals surface area contributed by atoms with E-state index >= 15 is 0 Å². The molecular formula is C6H13NO.